The first-order valence-corrected chi connectivity index (χ1v) is 17.1. The number of fused-ring (bicyclic) bond motifs is 5. The minimum absolute atomic E-state index is 0.600. The minimum atomic E-state index is 0.600. The fourth-order valence-corrected chi connectivity index (χ4v) is 7.27. The van der Waals surface area contributed by atoms with E-state index in [2.05, 4.69) is 133 Å². The van der Waals surface area contributed by atoms with Crippen LogP contribution in [0.2, 0.25) is 0 Å². The third kappa shape index (κ3) is 5.04. The lowest BCUT2D eigenvalue weighted by atomic mass is 9.91. The lowest BCUT2D eigenvalue weighted by molar-refractivity contribution is 0.669. The molecule has 4 nitrogen and oxygen atoms in total. The van der Waals surface area contributed by atoms with E-state index in [1.165, 1.54) is 32.8 Å². The summed E-state index contributed by atoms with van der Waals surface area (Å²) in [5.41, 5.74) is 9.09. The maximum absolute atomic E-state index is 6.48. The average Bonchev–Trinajstić information content (AvgIpc) is 3.59. The number of aromatic nitrogens is 3. The summed E-state index contributed by atoms with van der Waals surface area (Å²) >= 11 is 0. The summed E-state index contributed by atoms with van der Waals surface area (Å²) in [6, 6.07) is 61.1. The van der Waals surface area contributed by atoms with E-state index in [1.807, 2.05) is 42.5 Å². The van der Waals surface area contributed by atoms with Crippen molar-refractivity contribution in [1.29, 1.82) is 0 Å². The van der Waals surface area contributed by atoms with Crippen molar-refractivity contribution in [3.8, 4) is 56.4 Å². The molecule has 0 aliphatic heterocycles. The van der Waals surface area contributed by atoms with Gasteiger partial charge in [-0.2, -0.15) is 0 Å². The molecule has 51 heavy (non-hydrogen) atoms. The Hall–Kier alpha value is -6.91. The van der Waals surface area contributed by atoms with Crippen LogP contribution in [0.25, 0.3) is 99.9 Å². The molecule has 10 rings (SSSR count). The Labute approximate surface area is 294 Å². The smallest absolute Gasteiger partial charge is 0.164 e. The molecular formula is C47H29N3O. The Bertz CT molecular complexity index is 2910. The lowest BCUT2D eigenvalue weighted by Crippen LogP contribution is -2.00. The van der Waals surface area contributed by atoms with E-state index < -0.39 is 0 Å². The number of rotatable bonds is 5. The van der Waals surface area contributed by atoms with Gasteiger partial charge < -0.3 is 4.42 Å². The van der Waals surface area contributed by atoms with Crippen LogP contribution < -0.4 is 0 Å². The van der Waals surface area contributed by atoms with E-state index in [4.69, 9.17) is 19.4 Å². The van der Waals surface area contributed by atoms with Crippen molar-refractivity contribution < 1.29 is 4.42 Å². The summed E-state index contributed by atoms with van der Waals surface area (Å²) < 4.78 is 6.48. The molecule has 238 valence electrons. The zero-order valence-electron chi connectivity index (χ0n) is 27.5. The highest BCUT2D eigenvalue weighted by Gasteiger charge is 2.19. The molecule has 0 N–H and O–H groups in total. The molecule has 0 saturated carbocycles. The second kappa shape index (κ2) is 11.9. The van der Waals surface area contributed by atoms with Crippen LogP contribution in [0, 0.1) is 0 Å². The first kappa shape index (κ1) is 29.0. The number of furan rings is 1. The van der Waals surface area contributed by atoms with Crippen LogP contribution >= 0.6 is 0 Å². The maximum atomic E-state index is 6.48. The quantitative estimate of drug-likeness (QED) is 0.186. The Morgan fingerprint density at radius 1 is 0.314 bits per heavy atom. The zero-order valence-corrected chi connectivity index (χ0v) is 27.5. The fourth-order valence-electron chi connectivity index (χ4n) is 7.27. The summed E-state index contributed by atoms with van der Waals surface area (Å²) in [5, 5.41) is 6.73. The molecule has 4 heteroatoms. The summed E-state index contributed by atoms with van der Waals surface area (Å²) in [5.74, 6) is 1.85. The van der Waals surface area contributed by atoms with E-state index >= 15 is 0 Å². The topological polar surface area (TPSA) is 51.8 Å². The standard InChI is InChI=1S/C47H29N3O/c1-3-13-31(14-4-1)36-25-26-37(39-19-10-9-18-38(36)39)34-24-27-42-41(29-34)44-40(20-11-21-43(44)51-42)47-49-45(32-15-5-2-6-16-32)48-46(50-47)35-23-22-30-12-7-8-17-33(30)28-35/h1-29H. The van der Waals surface area contributed by atoms with Crippen LogP contribution in [-0.4, -0.2) is 15.0 Å². The van der Waals surface area contributed by atoms with E-state index in [0.29, 0.717) is 17.5 Å². The van der Waals surface area contributed by atoms with E-state index in [0.717, 1.165) is 49.6 Å². The van der Waals surface area contributed by atoms with Gasteiger partial charge in [-0.25, -0.2) is 15.0 Å². The molecule has 0 saturated heterocycles. The van der Waals surface area contributed by atoms with Crippen LogP contribution in [0.1, 0.15) is 0 Å². The van der Waals surface area contributed by atoms with E-state index in [1.54, 1.807) is 0 Å². The molecule has 8 aromatic carbocycles. The molecule has 2 aromatic heterocycles. The minimum Gasteiger partial charge on any atom is -0.456 e. The van der Waals surface area contributed by atoms with Gasteiger partial charge in [0.1, 0.15) is 11.2 Å². The predicted molar refractivity (Wildman–Crippen MR) is 209 cm³/mol. The number of hydrogen-bond donors (Lipinski definition) is 0. The molecule has 0 radical (unpaired) electrons. The molecule has 0 aliphatic rings. The van der Waals surface area contributed by atoms with Crippen LogP contribution in [0.5, 0.6) is 0 Å². The Balaban J connectivity index is 1.17. The van der Waals surface area contributed by atoms with Gasteiger partial charge in [0.15, 0.2) is 17.5 Å². The first-order chi connectivity index (χ1) is 25.3. The monoisotopic (exact) mass is 651 g/mol. The highest BCUT2D eigenvalue weighted by molar-refractivity contribution is 6.14. The Morgan fingerprint density at radius 2 is 0.922 bits per heavy atom. The molecule has 0 unspecified atom stereocenters. The molecular weight excluding hydrogens is 623 g/mol. The highest BCUT2D eigenvalue weighted by Crippen LogP contribution is 2.41. The molecule has 0 bridgehead atoms. The third-order valence-electron chi connectivity index (χ3n) is 9.73. The van der Waals surface area contributed by atoms with Crippen molar-refractivity contribution in [1.82, 2.24) is 15.0 Å². The maximum Gasteiger partial charge on any atom is 0.164 e. The van der Waals surface area contributed by atoms with Gasteiger partial charge in [0.25, 0.3) is 0 Å². The van der Waals surface area contributed by atoms with Crippen LogP contribution in [0.4, 0.5) is 0 Å². The van der Waals surface area contributed by atoms with Crippen molar-refractivity contribution in [2.75, 3.05) is 0 Å². The second-order valence-electron chi connectivity index (χ2n) is 12.8. The van der Waals surface area contributed by atoms with Gasteiger partial charge in [-0.05, 0) is 68.1 Å². The fraction of sp³-hybridized carbons (Fsp3) is 0. The number of nitrogens with zero attached hydrogens (tertiary/aromatic N) is 3. The van der Waals surface area contributed by atoms with E-state index in [9.17, 15) is 0 Å². The van der Waals surface area contributed by atoms with Gasteiger partial charge in [0, 0.05) is 27.5 Å². The Morgan fingerprint density at radius 3 is 1.69 bits per heavy atom. The summed E-state index contributed by atoms with van der Waals surface area (Å²) in [6.07, 6.45) is 0. The lowest BCUT2D eigenvalue weighted by Gasteiger charge is -2.12. The van der Waals surface area contributed by atoms with Crippen LogP contribution in [0.3, 0.4) is 0 Å². The van der Waals surface area contributed by atoms with Gasteiger partial charge in [-0.1, -0.05) is 152 Å². The Kier molecular flexibility index (Phi) is 6.78. The third-order valence-corrected chi connectivity index (χ3v) is 9.73. The van der Waals surface area contributed by atoms with Crippen LogP contribution in [-0.2, 0) is 0 Å². The molecule has 0 spiro atoms. The van der Waals surface area contributed by atoms with Crippen molar-refractivity contribution >= 4 is 43.5 Å². The van der Waals surface area contributed by atoms with Crippen molar-refractivity contribution in [2.24, 2.45) is 0 Å². The van der Waals surface area contributed by atoms with Gasteiger partial charge in [-0.15, -0.1) is 0 Å². The predicted octanol–water partition coefficient (Wildman–Crippen LogP) is 12.4. The van der Waals surface area contributed by atoms with Crippen molar-refractivity contribution in [2.45, 2.75) is 0 Å². The van der Waals surface area contributed by atoms with Gasteiger partial charge in [-0.3, -0.25) is 0 Å². The van der Waals surface area contributed by atoms with E-state index in [-0.39, 0.29) is 0 Å². The van der Waals surface area contributed by atoms with Crippen LogP contribution in [0.15, 0.2) is 180 Å². The number of benzene rings is 8. The molecule has 0 atom stereocenters. The molecule has 2 heterocycles. The molecule has 10 aromatic rings. The second-order valence-corrected chi connectivity index (χ2v) is 12.8. The average molecular weight is 652 g/mol. The first-order valence-electron chi connectivity index (χ1n) is 17.1. The summed E-state index contributed by atoms with van der Waals surface area (Å²) in [4.78, 5) is 15.2. The summed E-state index contributed by atoms with van der Waals surface area (Å²) in [7, 11) is 0. The van der Waals surface area contributed by atoms with Crippen molar-refractivity contribution in [3.05, 3.63) is 176 Å². The molecule has 0 aliphatic carbocycles. The SMILES string of the molecule is c1ccc(-c2nc(-c3ccc4ccccc4c3)nc(-c3cccc4oc5ccc(-c6ccc(-c7ccccc7)c7ccccc67)cc5c34)n2)cc1. The molecule has 0 fully saturated rings. The van der Waals surface area contributed by atoms with Gasteiger partial charge in [0.05, 0.1) is 0 Å². The highest BCUT2D eigenvalue weighted by atomic mass is 16.3. The normalized spacial score (nSPS) is 11.5. The number of hydrogen-bond acceptors (Lipinski definition) is 4. The van der Waals surface area contributed by atoms with Gasteiger partial charge in [0.2, 0.25) is 0 Å². The summed E-state index contributed by atoms with van der Waals surface area (Å²) in [6.45, 7) is 0. The van der Waals surface area contributed by atoms with Crippen molar-refractivity contribution in [3.63, 3.8) is 0 Å². The van der Waals surface area contributed by atoms with Gasteiger partial charge >= 0.3 is 0 Å². The molecule has 0 amide bonds. The largest absolute Gasteiger partial charge is 0.456 e. The zero-order chi connectivity index (χ0) is 33.7.